The Bertz CT molecular complexity index is 753. The average molecular weight is 296 g/mol. The largest absolute Gasteiger partial charge is 0.309 e. The fraction of sp³-hybridized carbons (Fsp3) is 0.176. The monoisotopic (exact) mass is 296 g/mol. The van der Waals surface area contributed by atoms with Crippen LogP contribution in [0.1, 0.15) is 16.7 Å². The van der Waals surface area contributed by atoms with Crippen LogP contribution in [-0.2, 0) is 13.1 Å². The van der Waals surface area contributed by atoms with Gasteiger partial charge in [0.05, 0.1) is 0 Å². The summed E-state index contributed by atoms with van der Waals surface area (Å²) in [6, 6.07) is 13.5. The first-order valence-electron chi connectivity index (χ1n) is 7.12. The maximum Gasteiger partial charge on any atom is 0.149 e. The van der Waals surface area contributed by atoms with Crippen molar-refractivity contribution in [1.29, 1.82) is 0 Å². The Morgan fingerprint density at radius 3 is 2.59 bits per heavy atom. The van der Waals surface area contributed by atoms with Crippen molar-refractivity contribution in [3.05, 3.63) is 77.6 Å². The molecule has 0 spiro atoms. The number of hydrogen-bond donors (Lipinski definition) is 1. The minimum absolute atomic E-state index is 0.305. The topological polar surface area (TPSA) is 42.7 Å². The second kappa shape index (κ2) is 6.49. The molecule has 0 aliphatic rings. The standard InChI is InChI=1S/C17H17FN4/c1-13-3-2-4-14(7-13)9-19-10-15-5-6-17(16(18)8-15)22-12-20-11-21-22/h2-8,11-12,19H,9-10H2,1H3. The molecule has 0 saturated heterocycles. The Labute approximate surface area is 128 Å². The number of halogens is 1. The Balaban J connectivity index is 1.63. The fourth-order valence-corrected chi connectivity index (χ4v) is 2.35. The highest BCUT2D eigenvalue weighted by atomic mass is 19.1. The van der Waals surface area contributed by atoms with Crippen LogP contribution in [0.3, 0.4) is 0 Å². The summed E-state index contributed by atoms with van der Waals surface area (Å²) in [6.45, 7) is 3.44. The van der Waals surface area contributed by atoms with Gasteiger partial charge in [0.2, 0.25) is 0 Å². The summed E-state index contributed by atoms with van der Waals surface area (Å²) in [5, 5.41) is 7.26. The van der Waals surface area contributed by atoms with Gasteiger partial charge in [0, 0.05) is 13.1 Å². The van der Waals surface area contributed by atoms with Crippen molar-refractivity contribution in [3.8, 4) is 5.69 Å². The molecule has 1 heterocycles. The fourth-order valence-electron chi connectivity index (χ4n) is 2.35. The van der Waals surface area contributed by atoms with Crippen molar-refractivity contribution in [2.45, 2.75) is 20.0 Å². The number of aromatic nitrogens is 3. The number of rotatable bonds is 5. The molecule has 0 bridgehead atoms. The molecule has 4 nitrogen and oxygen atoms in total. The summed E-state index contributed by atoms with van der Waals surface area (Å²) >= 11 is 0. The lowest BCUT2D eigenvalue weighted by atomic mass is 10.1. The van der Waals surface area contributed by atoms with Gasteiger partial charge in [-0.25, -0.2) is 14.1 Å². The lowest BCUT2D eigenvalue weighted by Gasteiger charge is -2.08. The molecule has 0 radical (unpaired) electrons. The van der Waals surface area contributed by atoms with Crippen LogP contribution < -0.4 is 5.32 Å². The van der Waals surface area contributed by atoms with Gasteiger partial charge in [-0.15, -0.1) is 0 Å². The summed E-state index contributed by atoms with van der Waals surface area (Å²) in [7, 11) is 0. The van der Waals surface area contributed by atoms with Crippen molar-refractivity contribution >= 4 is 0 Å². The molecule has 5 heteroatoms. The number of aryl methyl sites for hydroxylation is 1. The van der Waals surface area contributed by atoms with Crippen molar-refractivity contribution in [1.82, 2.24) is 20.1 Å². The molecule has 112 valence electrons. The zero-order chi connectivity index (χ0) is 15.4. The number of hydrogen-bond acceptors (Lipinski definition) is 3. The number of nitrogens with zero attached hydrogens (tertiary/aromatic N) is 3. The molecule has 2 aromatic carbocycles. The third-order valence-corrected chi connectivity index (χ3v) is 3.42. The number of benzene rings is 2. The van der Waals surface area contributed by atoms with Gasteiger partial charge >= 0.3 is 0 Å². The van der Waals surface area contributed by atoms with Gasteiger partial charge in [-0.05, 0) is 30.2 Å². The highest BCUT2D eigenvalue weighted by molar-refractivity contribution is 5.35. The second-order valence-electron chi connectivity index (χ2n) is 5.22. The Kier molecular flexibility index (Phi) is 4.25. The van der Waals surface area contributed by atoms with E-state index in [4.69, 9.17) is 0 Å². The molecule has 0 aliphatic carbocycles. The SMILES string of the molecule is Cc1cccc(CNCc2ccc(-n3cncn3)c(F)c2)c1. The van der Waals surface area contributed by atoms with Crippen molar-refractivity contribution in [3.63, 3.8) is 0 Å². The first kappa shape index (κ1) is 14.4. The molecule has 22 heavy (non-hydrogen) atoms. The van der Waals surface area contributed by atoms with E-state index < -0.39 is 0 Å². The second-order valence-corrected chi connectivity index (χ2v) is 5.22. The molecule has 1 N–H and O–H groups in total. The zero-order valence-electron chi connectivity index (χ0n) is 12.3. The van der Waals surface area contributed by atoms with Crippen LogP contribution in [0.4, 0.5) is 4.39 Å². The summed E-state index contributed by atoms with van der Waals surface area (Å²) in [6.07, 6.45) is 2.87. The molecule has 0 aliphatic heterocycles. The third kappa shape index (κ3) is 3.38. The molecule has 0 atom stereocenters. The molecule has 3 rings (SSSR count). The highest BCUT2D eigenvalue weighted by Crippen LogP contribution is 2.14. The van der Waals surface area contributed by atoms with Crippen LogP contribution in [-0.4, -0.2) is 14.8 Å². The lowest BCUT2D eigenvalue weighted by molar-refractivity contribution is 0.604. The molecular weight excluding hydrogens is 279 g/mol. The van der Waals surface area contributed by atoms with E-state index in [1.54, 1.807) is 6.07 Å². The summed E-state index contributed by atoms with van der Waals surface area (Å²) < 4.78 is 15.5. The van der Waals surface area contributed by atoms with E-state index in [2.05, 4.69) is 40.5 Å². The molecule has 1 aromatic heterocycles. The number of nitrogens with one attached hydrogen (secondary N) is 1. The average Bonchev–Trinajstić information content (AvgIpc) is 3.01. The van der Waals surface area contributed by atoms with Crippen molar-refractivity contribution < 1.29 is 4.39 Å². The summed E-state index contributed by atoms with van der Waals surface area (Å²) in [4.78, 5) is 3.83. The van der Waals surface area contributed by atoms with Crippen molar-refractivity contribution in [2.24, 2.45) is 0 Å². The molecule has 0 saturated carbocycles. The molecular formula is C17H17FN4. The zero-order valence-corrected chi connectivity index (χ0v) is 12.3. The predicted octanol–water partition coefficient (Wildman–Crippen LogP) is 3.00. The van der Waals surface area contributed by atoms with Gasteiger partial charge in [-0.3, -0.25) is 0 Å². The molecule has 0 amide bonds. The van der Waals surface area contributed by atoms with E-state index in [1.807, 2.05) is 12.1 Å². The van der Waals surface area contributed by atoms with Crippen LogP contribution in [0, 0.1) is 12.7 Å². The first-order valence-corrected chi connectivity index (χ1v) is 7.12. The predicted molar refractivity (Wildman–Crippen MR) is 83.0 cm³/mol. The Morgan fingerprint density at radius 1 is 1.09 bits per heavy atom. The molecule has 3 aromatic rings. The minimum atomic E-state index is -0.305. The van der Waals surface area contributed by atoms with Gasteiger partial charge in [-0.1, -0.05) is 35.9 Å². The smallest absolute Gasteiger partial charge is 0.149 e. The summed E-state index contributed by atoms with van der Waals surface area (Å²) in [5.41, 5.74) is 3.76. The highest BCUT2D eigenvalue weighted by Gasteiger charge is 2.06. The first-order chi connectivity index (χ1) is 10.7. The van der Waals surface area contributed by atoms with Crippen molar-refractivity contribution in [2.75, 3.05) is 0 Å². The molecule has 0 fully saturated rings. The van der Waals surface area contributed by atoms with Gasteiger partial charge in [0.1, 0.15) is 24.2 Å². The Morgan fingerprint density at radius 2 is 1.91 bits per heavy atom. The van der Waals surface area contributed by atoms with Gasteiger partial charge in [0.15, 0.2) is 0 Å². The van der Waals surface area contributed by atoms with Crippen LogP contribution in [0.2, 0.25) is 0 Å². The van der Waals surface area contributed by atoms with Crippen LogP contribution in [0.25, 0.3) is 5.69 Å². The minimum Gasteiger partial charge on any atom is -0.309 e. The van der Waals surface area contributed by atoms with E-state index in [-0.39, 0.29) is 5.82 Å². The van der Waals surface area contributed by atoms with E-state index in [1.165, 1.54) is 34.5 Å². The maximum atomic E-state index is 14.1. The van der Waals surface area contributed by atoms with Gasteiger partial charge < -0.3 is 5.32 Å². The molecule has 0 unspecified atom stereocenters. The Hall–Kier alpha value is -2.53. The van der Waals surface area contributed by atoms with E-state index in [0.29, 0.717) is 12.2 Å². The van der Waals surface area contributed by atoms with E-state index in [9.17, 15) is 4.39 Å². The maximum absolute atomic E-state index is 14.1. The van der Waals surface area contributed by atoms with E-state index >= 15 is 0 Å². The van der Waals surface area contributed by atoms with Crippen LogP contribution in [0.5, 0.6) is 0 Å². The normalized spacial score (nSPS) is 10.8. The van der Waals surface area contributed by atoms with Crippen LogP contribution in [0.15, 0.2) is 55.1 Å². The lowest BCUT2D eigenvalue weighted by Crippen LogP contribution is -2.13. The van der Waals surface area contributed by atoms with Gasteiger partial charge in [-0.2, -0.15) is 5.10 Å². The van der Waals surface area contributed by atoms with Crippen LogP contribution >= 0.6 is 0 Å². The third-order valence-electron chi connectivity index (χ3n) is 3.42. The van der Waals surface area contributed by atoms with Gasteiger partial charge in [0.25, 0.3) is 0 Å². The van der Waals surface area contributed by atoms with E-state index in [0.717, 1.165) is 12.1 Å². The summed E-state index contributed by atoms with van der Waals surface area (Å²) in [5.74, 6) is -0.305. The quantitative estimate of drug-likeness (QED) is 0.787.